The third-order valence-corrected chi connectivity index (χ3v) is 2.84. The molecular weight excluding hydrogens is 228 g/mol. The highest BCUT2D eigenvalue weighted by molar-refractivity contribution is 7.80. The topological polar surface area (TPSA) is 24.1 Å². The molecule has 3 heteroatoms. The van der Waals surface area contributed by atoms with Crippen LogP contribution in [0.15, 0.2) is 30.3 Å². The maximum Gasteiger partial charge on any atom is 0.170 e. The second-order valence-corrected chi connectivity index (χ2v) is 4.57. The Hall–Kier alpha value is -1.09. The molecule has 2 N–H and O–H groups in total. The number of nitrogens with one attached hydrogen (secondary N) is 2. The first-order chi connectivity index (χ1) is 8.33. The van der Waals surface area contributed by atoms with Gasteiger partial charge in [-0.3, -0.25) is 0 Å². The Morgan fingerprint density at radius 1 is 1.06 bits per heavy atom. The number of thiocarbonyl (C=S) groups is 1. The smallest absolute Gasteiger partial charge is 0.170 e. The van der Waals surface area contributed by atoms with E-state index in [4.69, 9.17) is 12.2 Å². The van der Waals surface area contributed by atoms with Crippen LogP contribution in [-0.2, 0) is 0 Å². The van der Waals surface area contributed by atoms with Gasteiger partial charge < -0.3 is 10.6 Å². The van der Waals surface area contributed by atoms with E-state index in [1.807, 2.05) is 30.3 Å². The molecule has 0 aliphatic rings. The van der Waals surface area contributed by atoms with Crippen LogP contribution in [0, 0.1) is 0 Å². The van der Waals surface area contributed by atoms with Crippen LogP contribution < -0.4 is 10.6 Å². The molecule has 17 heavy (non-hydrogen) atoms. The summed E-state index contributed by atoms with van der Waals surface area (Å²) in [7, 11) is 0. The van der Waals surface area contributed by atoms with Crippen molar-refractivity contribution >= 4 is 23.0 Å². The number of rotatable bonds is 7. The largest absolute Gasteiger partial charge is 0.362 e. The van der Waals surface area contributed by atoms with Crippen molar-refractivity contribution in [2.45, 2.75) is 39.0 Å². The minimum Gasteiger partial charge on any atom is -0.362 e. The van der Waals surface area contributed by atoms with Crippen LogP contribution in [0.3, 0.4) is 0 Å². The van der Waals surface area contributed by atoms with E-state index < -0.39 is 0 Å². The Kier molecular flexibility index (Phi) is 7.39. The van der Waals surface area contributed by atoms with Crippen LogP contribution in [0.4, 0.5) is 5.69 Å². The lowest BCUT2D eigenvalue weighted by Crippen LogP contribution is -2.29. The summed E-state index contributed by atoms with van der Waals surface area (Å²) in [5.41, 5.74) is 1.04. The fourth-order valence-corrected chi connectivity index (χ4v) is 1.85. The van der Waals surface area contributed by atoms with Crippen LogP contribution in [0.1, 0.15) is 39.0 Å². The van der Waals surface area contributed by atoms with Crippen molar-refractivity contribution in [2.24, 2.45) is 0 Å². The highest BCUT2D eigenvalue weighted by Gasteiger charge is 1.95. The summed E-state index contributed by atoms with van der Waals surface area (Å²) >= 11 is 5.21. The lowest BCUT2D eigenvalue weighted by atomic mass is 10.1. The van der Waals surface area contributed by atoms with E-state index in [9.17, 15) is 0 Å². The summed E-state index contributed by atoms with van der Waals surface area (Å²) in [6, 6.07) is 10.0. The maximum absolute atomic E-state index is 5.21. The Labute approximate surface area is 110 Å². The molecule has 0 saturated carbocycles. The van der Waals surface area contributed by atoms with Gasteiger partial charge in [0, 0.05) is 12.2 Å². The molecule has 0 radical (unpaired) electrons. The molecule has 0 aromatic heterocycles. The molecule has 0 heterocycles. The molecule has 1 aromatic carbocycles. The molecule has 0 fully saturated rings. The van der Waals surface area contributed by atoms with E-state index >= 15 is 0 Å². The molecule has 0 spiro atoms. The fraction of sp³-hybridized carbons (Fsp3) is 0.500. The van der Waals surface area contributed by atoms with Crippen molar-refractivity contribution in [3.63, 3.8) is 0 Å². The first-order valence-corrected chi connectivity index (χ1v) is 6.83. The van der Waals surface area contributed by atoms with Gasteiger partial charge in [0.15, 0.2) is 5.11 Å². The molecular formula is C14H22N2S. The molecule has 0 unspecified atom stereocenters. The van der Waals surface area contributed by atoms with Crippen LogP contribution in [-0.4, -0.2) is 11.7 Å². The predicted molar refractivity (Wildman–Crippen MR) is 79.4 cm³/mol. The first-order valence-electron chi connectivity index (χ1n) is 6.43. The van der Waals surface area contributed by atoms with Gasteiger partial charge >= 0.3 is 0 Å². The van der Waals surface area contributed by atoms with E-state index in [2.05, 4.69) is 17.6 Å². The fourth-order valence-electron chi connectivity index (χ4n) is 1.63. The molecule has 1 aromatic rings. The number of hydrogen-bond donors (Lipinski definition) is 2. The van der Waals surface area contributed by atoms with E-state index in [1.54, 1.807) is 0 Å². The minimum absolute atomic E-state index is 0.715. The highest BCUT2D eigenvalue weighted by Crippen LogP contribution is 2.04. The van der Waals surface area contributed by atoms with Gasteiger partial charge in [-0.1, -0.05) is 50.8 Å². The minimum atomic E-state index is 0.715. The zero-order valence-corrected chi connectivity index (χ0v) is 11.4. The zero-order valence-electron chi connectivity index (χ0n) is 10.5. The second-order valence-electron chi connectivity index (χ2n) is 4.16. The summed E-state index contributed by atoms with van der Waals surface area (Å²) in [6.45, 7) is 3.19. The van der Waals surface area contributed by atoms with Gasteiger partial charge in [0.1, 0.15) is 0 Å². The van der Waals surface area contributed by atoms with Crippen molar-refractivity contribution in [1.82, 2.24) is 5.32 Å². The second kappa shape index (κ2) is 8.99. The summed E-state index contributed by atoms with van der Waals surface area (Å²) in [4.78, 5) is 0. The average molecular weight is 250 g/mol. The zero-order chi connectivity index (χ0) is 12.3. The van der Waals surface area contributed by atoms with E-state index in [0.717, 1.165) is 12.2 Å². The van der Waals surface area contributed by atoms with Crippen LogP contribution in [0.25, 0.3) is 0 Å². The van der Waals surface area contributed by atoms with Gasteiger partial charge in [0.2, 0.25) is 0 Å². The first kappa shape index (κ1) is 14.0. The van der Waals surface area contributed by atoms with Crippen LogP contribution in [0.2, 0.25) is 0 Å². The van der Waals surface area contributed by atoms with E-state index in [-0.39, 0.29) is 0 Å². The monoisotopic (exact) mass is 250 g/mol. The number of benzene rings is 1. The van der Waals surface area contributed by atoms with E-state index in [0.29, 0.717) is 5.11 Å². The number of para-hydroxylation sites is 1. The summed E-state index contributed by atoms with van der Waals surface area (Å²) < 4.78 is 0. The summed E-state index contributed by atoms with van der Waals surface area (Å²) in [6.07, 6.45) is 6.44. The van der Waals surface area contributed by atoms with Gasteiger partial charge in [-0.25, -0.2) is 0 Å². The predicted octanol–water partition coefficient (Wildman–Crippen LogP) is 3.94. The Balaban J connectivity index is 2.06. The van der Waals surface area contributed by atoms with Gasteiger partial charge in [-0.15, -0.1) is 0 Å². The van der Waals surface area contributed by atoms with Gasteiger partial charge in [-0.2, -0.15) is 0 Å². The van der Waals surface area contributed by atoms with Crippen molar-refractivity contribution < 1.29 is 0 Å². The van der Waals surface area contributed by atoms with Crippen molar-refractivity contribution in [3.05, 3.63) is 30.3 Å². The number of hydrogen-bond acceptors (Lipinski definition) is 1. The molecule has 0 aliphatic heterocycles. The Bertz CT molecular complexity index is 311. The molecule has 0 aliphatic carbocycles. The summed E-state index contributed by atoms with van der Waals surface area (Å²) in [5, 5.41) is 7.11. The Morgan fingerprint density at radius 2 is 1.76 bits per heavy atom. The van der Waals surface area contributed by atoms with Gasteiger partial charge in [0.25, 0.3) is 0 Å². The van der Waals surface area contributed by atoms with E-state index in [1.165, 1.54) is 32.1 Å². The standard InChI is InChI=1S/C14H22N2S/c1-2-3-4-5-9-12-15-14(17)16-13-10-7-6-8-11-13/h6-8,10-11H,2-5,9,12H2,1H3,(H2,15,16,17). The molecule has 0 amide bonds. The van der Waals surface area contributed by atoms with Crippen LogP contribution >= 0.6 is 12.2 Å². The molecule has 2 nitrogen and oxygen atoms in total. The van der Waals surface area contributed by atoms with Gasteiger partial charge in [0.05, 0.1) is 0 Å². The third-order valence-electron chi connectivity index (χ3n) is 2.60. The SMILES string of the molecule is CCCCCCCNC(=S)Nc1ccccc1. The molecule has 94 valence electrons. The lowest BCUT2D eigenvalue weighted by Gasteiger charge is -2.10. The quantitative estimate of drug-likeness (QED) is 0.566. The maximum atomic E-state index is 5.21. The lowest BCUT2D eigenvalue weighted by molar-refractivity contribution is 0.625. The van der Waals surface area contributed by atoms with Crippen molar-refractivity contribution in [3.8, 4) is 0 Å². The Morgan fingerprint density at radius 3 is 2.47 bits per heavy atom. The third kappa shape index (κ3) is 6.95. The molecule has 1 rings (SSSR count). The molecule has 0 bridgehead atoms. The number of anilines is 1. The molecule has 0 saturated heterocycles. The van der Waals surface area contributed by atoms with Crippen molar-refractivity contribution in [2.75, 3.05) is 11.9 Å². The number of unbranched alkanes of at least 4 members (excludes halogenated alkanes) is 4. The van der Waals surface area contributed by atoms with Crippen LogP contribution in [0.5, 0.6) is 0 Å². The van der Waals surface area contributed by atoms with Crippen molar-refractivity contribution in [1.29, 1.82) is 0 Å². The molecule has 0 atom stereocenters. The van der Waals surface area contributed by atoms with Gasteiger partial charge in [-0.05, 0) is 30.8 Å². The highest BCUT2D eigenvalue weighted by atomic mass is 32.1. The normalized spacial score (nSPS) is 9.94. The average Bonchev–Trinajstić information content (AvgIpc) is 2.35. The summed E-state index contributed by atoms with van der Waals surface area (Å²) in [5.74, 6) is 0.